The van der Waals surface area contributed by atoms with E-state index in [-0.39, 0.29) is 10.8 Å². The predicted molar refractivity (Wildman–Crippen MR) is 98.1 cm³/mol. The molecule has 0 nitrogen and oxygen atoms in total. The van der Waals surface area contributed by atoms with Crippen LogP contribution in [0.4, 0.5) is 0 Å². The minimum Gasteiger partial charge on any atom is -0.0620 e. The van der Waals surface area contributed by atoms with Gasteiger partial charge in [0.2, 0.25) is 0 Å². The Balaban J connectivity index is 2.03. The molecule has 2 aromatic rings. The van der Waals surface area contributed by atoms with E-state index in [1.165, 1.54) is 24.8 Å². The lowest BCUT2D eigenvalue weighted by Crippen LogP contribution is -2.39. The smallest absolute Gasteiger partial charge is 0.0222 e. The van der Waals surface area contributed by atoms with Crippen LogP contribution in [0.2, 0.25) is 0 Å². The molecule has 0 heterocycles. The van der Waals surface area contributed by atoms with Crippen molar-refractivity contribution in [3.63, 3.8) is 0 Å². The number of hydrogen-bond acceptors (Lipinski definition) is 0. The van der Waals surface area contributed by atoms with Gasteiger partial charge < -0.3 is 0 Å². The molecule has 2 aromatic carbocycles. The Labute approximate surface area is 140 Å². The highest BCUT2D eigenvalue weighted by atomic mass is 14.6. The van der Waals surface area contributed by atoms with Gasteiger partial charge in [0, 0.05) is 5.41 Å². The van der Waals surface area contributed by atoms with E-state index in [0.717, 1.165) is 0 Å². The number of rotatable bonds is 0. The standard InChI is InChI=1S/C23H28/c1-16-10-11-18-17(12-16)13-21(2,3)14-23(18)15-22(4,5)19-8-6-7-9-20(19)23/h6-12H,13-15H2,1-5H3. The van der Waals surface area contributed by atoms with Crippen LogP contribution in [0.1, 0.15) is 68.4 Å². The summed E-state index contributed by atoms with van der Waals surface area (Å²) in [6.07, 6.45) is 3.70. The quantitative estimate of drug-likeness (QED) is 0.565. The van der Waals surface area contributed by atoms with Gasteiger partial charge in [0.1, 0.15) is 0 Å². The van der Waals surface area contributed by atoms with Crippen molar-refractivity contribution in [1.82, 2.24) is 0 Å². The molecule has 0 N–H and O–H groups in total. The van der Waals surface area contributed by atoms with Crippen molar-refractivity contribution in [2.45, 2.75) is 64.7 Å². The second-order valence-electron chi connectivity index (χ2n) is 9.37. The van der Waals surface area contributed by atoms with Crippen molar-refractivity contribution in [1.29, 1.82) is 0 Å². The minimum atomic E-state index is 0.199. The molecule has 0 heteroatoms. The Hall–Kier alpha value is -1.56. The monoisotopic (exact) mass is 304 g/mol. The molecule has 23 heavy (non-hydrogen) atoms. The number of benzene rings is 2. The van der Waals surface area contributed by atoms with Gasteiger partial charge >= 0.3 is 0 Å². The zero-order chi connectivity index (χ0) is 16.5. The lowest BCUT2D eigenvalue weighted by molar-refractivity contribution is 0.217. The van der Waals surface area contributed by atoms with Crippen LogP contribution in [-0.4, -0.2) is 0 Å². The average molecular weight is 304 g/mol. The third-order valence-corrected chi connectivity index (χ3v) is 6.14. The predicted octanol–water partition coefficient (Wildman–Crippen LogP) is 5.93. The fourth-order valence-electron chi connectivity index (χ4n) is 5.66. The van der Waals surface area contributed by atoms with Crippen molar-refractivity contribution in [3.8, 4) is 0 Å². The van der Waals surface area contributed by atoms with Gasteiger partial charge in [-0.05, 0) is 59.3 Å². The summed E-state index contributed by atoms with van der Waals surface area (Å²) in [6.45, 7) is 12.0. The van der Waals surface area contributed by atoms with Crippen LogP contribution in [0.15, 0.2) is 42.5 Å². The largest absolute Gasteiger partial charge is 0.0620 e. The summed E-state index contributed by atoms with van der Waals surface area (Å²) in [6, 6.07) is 16.4. The van der Waals surface area contributed by atoms with Crippen molar-refractivity contribution in [3.05, 3.63) is 70.3 Å². The first-order chi connectivity index (χ1) is 10.7. The third kappa shape index (κ3) is 2.11. The first-order valence-electron chi connectivity index (χ1n) is 8.94. The molecule has 0 saturated carbocycles. The molecule has 4 rings (SSSR count). The molecule has 0 fully saturated rings. The second-order valence-corrected chi connectivity index (χ2v) is 9.37. The molecule has 2 aliphatic carbocycles. The van der Waals surface area contributed by atoms with E-state index < -0.39 is 0 Å². The molecule has 2 aliphatic rings. The van der Waals surface area contributed by atoms with Crippen molar-refractivity contribution in [2.24, 2.45) is 5.41 Å². The third-order valence-electron chi connectivity index (χ3n) is 6.14. The van der Waals surface area contributed by atoms with Gasteiger partial charge in [-0.15, -0.1) is 0 Å². The summed E-state index contributed by atoms with van der Waals surface area (Å²) in [4.78, 5) is 0. The van der Waals surface area contributed by atoms with Gasteiger partial charge in [0.25, 0.3) is 0 Å². The second kappa shape index (κ2) is 4.50. The molecule has 0 bridgehead atoms. The maximum absolute atomic E-state index is 2.45. The molecular weight excluding hydrogens is 276 g/mol. The van der Waals surface area contributed by atoms with Crippen LogP contribution in [0.25, 0.3) is 0 Å². The highest BCUT2D eigenvalue weighted by molar-refractivity contribution is 5.56. The maximum atomic E-state index is 2.45. The van der Waals surface area contributed by atoms with Gasteiger partial charge in [0.15, 0.2) is 0 Å². The Bertz CT molecular complexity index is 778. The normalized spacial score (nSPS) is 26.8. The molecule has 120 valence electrons. The maximum Gasteiger partial charge on any atom is 0.0222 e. The molecule has 0 radical (unpaired) electrons. The Morgan fingerprint density at radius 2 is 1.48 bits per heavy atom. The van der Waals surface area contributed by atoms with Crippen LogP contribution >= 0.6 is 0 Å². The zero-order valence-corrected chi connectivity index (χ0v) is 15.2. The lowest BCUT2D eigenvalue weighted by atomic mass is 9.58. The van der Waals surface area contributed by atoms with Gasteiger partial charge in [-0.3, -0.25) is 0 Å². The van der Waals surface area contributed by atoms with Gasteiger partial charge in [-0.1, -0.05) is 75.7 Å². The van der Waals surface area contributed by atoms with Crippen LogP contribution in [0.5, 0.6) is 0 Å². The SMILES string of the molecule is Cc1ccc2c(c1)CC(C)(C)CC21CC(C)(C)c2ccccc21. The van der Waals surface area contributed by atoms with E-state index in [2.05, 4.69) is 77.1 Å². The average Bonchev–Trinajstić information content (AvgIpc) is 2.66. The first-order valence-corrected chi connectivity index (χ1v) is 8.94. The summed E-state index contributed by atoms with van der Waals surface area (Å²) in [5.41, 5.74) is 8.52. The van der Waals surface area contributed by atoms with Crippen molar-refractivity contribution < 1.29 is 0 Å². The van der Waals surface area contributed by atoms with Crippen LogP contribution in [-0.2, 0) is 17.3 Å². The van der Waals surface area contributed by atoms with E-state index in [0.29, 0.717) is 5.41 Å². The Kier molecular flexibility index (Phi) is 2.93. The highest BCUT2D eigenvalue weighted by Gasteiger charge is 2.53. The molecule has 1 spiro atoms. The summed E-state index contributed by atoms with van der Waals surface area (Å²) in [5, 5.41) is 0. The molecule has 0 saturated heterocycles. The van der Waals surface area contributed by atoms with Crippen LogP contribution < -0.4 is 0 Å². The molecular formula is C23H28. The number of fused-ring (bicyclic) bond motifs is 4. The fourth-order valence-corrected chi connectivity index (χ4v) is 5.66. The minimum absolute atomic E-state index is 0.199. The Morgan fingerprint density at radius 3 is 2.22 bits per heavy atom. The van der Waals surface area contributed by atoms with E-state index in [4.69, 9.17) is 0 Å². The van der Waals surface area contributed by atoms with Crippen LogP contribution in [0, 0.1) is 12.3 Å². The number of hydrogen-bond donors (Lipinski definition) is 0. The fraction of sp³-hybridized carbons (Fsp3) is 0.478. The van der Waals surface area contributed by atoms with E-state index >= 15 is 0 Å². The highest BCUT2D eigenvalue weighted by Crippen LogP contribution is 2.60. The number of aryl methyl sites for hydroxylation is 1. The Morgan fingerprint density at radius 1 is 0.783 bits per heavy atom. The topological polar surface area (TPSA) is 0 Å². The molecule has 0 aromatic heterocycles. The van der Waals surface area contributed by atoms with Crippen molar-refractivity contribution in [2.75, 3.05) is 0 Å². The van der Waals surface area contributed by atoms with E-state index in [1.54, 1.807) is 22.3 Å². The summed E-state index contributed by atoms with van der Waals surface area (Å²) in [5.74, 6) is 0. The zero-order valence-electron chi connectivity index (χ0n) is 15.2. The van der Waals surface area contributed by atoms with Crippen molar-refractivity contribution >= 4 is 0 Å². The van der Waals surface area contributed by atoms with E-state index in [1.807, 2.05) is 0 Å². The van der Waals surface area contributed by atoms with E-state index in [9.17, 15) is 0 Å². The summed E-state index contributed by atoms with van der Waals surface area (Å²) in [7, 11) is 0. The van der Waals surface area contributed by atoms with Crippen LogP contribution in [0.3, 0.4) is 0 Å². The summed E-state index contributed by atoms with van der Waals surface area (Å²) >= 11 is 0. The molecule has 1 unspecified atom stereocenters. The first kappa shape index (κ1) is 15.0. The molecule has 1 atom stereocenters. The summed E-state index contributed by atoms with van der Waals surface area (Å²) < 4.78 is 0. The van der Waals surface area contributed by atoms with Gasteiger partial charge in [-0.2, -0.15) is 0 Å². The van der Waals surface area contributed by atoms with Gasteiger partial charge in [-0.25, -0.2) is 0 Å². The lowest BCUT2D eigenvalue weighted by Gasteiger charge is -2.46. The molecule has 0 amide bonds. The van der Waals surface area contributed by atoms with Gasteiger partial charge in [0.05, 0.1) is 0 Å². The molecule has 0 aliphatic heterocycles.